The highest BCUT2D eigenvalue weighted by Gasteiger charge is 2.23. The summed E-state index contributed by atoms with van der Waals surface area (Å²) < 4.78 is 0.999. The van der Waals surface area contributed by atoms with Crippen LogP contribution in [0.15, 0.2) is 16.9 Å². The van der Waals surface area contributed by atoms with Crippen molar-refractivity contribution in [3.8, 4) is 0 Å². The van der Waals surface area contributed by atoms with E-state index in [0.717, 1.165) is 34.9 Å². The van der Waals surface area contributed by atoms with Crippen LogP contribution in [0.5, 0.6) is 0 Å². The summed E-state index contributed by atoms with van der Waals surface area (Å²) in [6.07, 6.45) is 6.05. The van der Waals surface area contributed by atoms with Crippen LogP contribution in [0.3, 0.4) is 0 Å². The number of nitrogens with zero attached hydrogens (tertiary/aromatic N) is 2. The number of pyridine rings is 1. The Labute approximate surface area is 98.8 Å². The molecule has 2 heterocycles. The maximum absolute atomic E-state index is 5.95. The van der Waals surface area contributed by atoms with Gasteiger partial charge in [0.1, 0.15) is 0 Å². The van der Waals surface area contributed by atoms with Gasteiger partial charge in [-0.15, -0.1) is 0 Å². The molecule has 0 radical (unpaired) electrons. The molecular formula is C11H16BrN3. The molecule has 1 aromatic heterocycles. The first-order valence-electron chi connectivity index (χ1n) is 5.36. The Kier molecular flexibility index (Phi) is 3.14. The summed E-state index contributed by atoms with van der Waals surface area (Å²) in [6, 6.07) is 0. The molecule has 15 heavy (non-hydrogen) atoms. The summed E-state index contributed by atoms with van der Waals surface area (Å²) in [4.78, 5) is 6.41. The van der Waals surface area contributed by atoms with E-state index < -0.39 is 0 Å². The van der Waals surface area contributed by atoms with E-state index in [-0.39, 0.29) is 0 Å². The number of nitrogen functional groups attached to an aromatic ring is 1. The van der Waals surface area contributed by atoms with Crippen molar-refractivity contribution in [3.63, 3.8) is 0 Å². The number of rotatable bonds is 2. The van der Waals surface area contributed by atoms with Crippen molar-refractivity contribution in [3.05, 3.63) is 16.9 Å². The van der Waals surface area contributed by atoms with Gasteiger partial charge in [-0.3, -0.25) is 4.98 Å². The Morgan fingerprint density at radius 1 is 1.60 bits per heavy atom. The standard InChI is InChI=1S/C11H16BrN3/c1-2-8-3-4-15(7-8)11-9(12)5-14-6-10(11)13/h5-6,8H,2-4,7,13H2,1H3. The Hall–Kier alpha value is -0.770. The zero-order chi connectivity index (χ0) is 10.8. The third-order valence-electron chi connectivity index (χ3n) is 3.08. The van der Waals surface area contributed by atoms with E-state index >= 15 is 0 Å². The van der Waals surface area contributed by atoms with Crippen molar-refractivity contribution in [2.45, 2.75) is 19.8 Å². The molecule has 2 N–H and O–H groups in total. The zero-order valence-electron chi connectivity index (χ0n) is 8.91. The second kappa shape index (κ2) is 4.39. The van der Waals surface area contributed by atoms with E-state index in [0.29, 0.717) is 0 Å². The van der Waals surface area contributed by atoms with Crippen LogP contribution in [-0.4, -0.2) is 18.1 Å². The molecule has 0 spiro atoms. The molecule has 1 aliphatic heterocycles. The van der Waals surface area contributed by atoms with Gasteiger partial charge in [-0.05, 0) is 28.3 Å². The highest BCUT2D eigenvalue weighted by Crippen LogP contribution is 2.35. The van der Waals surface area contributed by atoms with Crippen LogP contribution in [0.1, 0.15) is 19.8 Å². The molecule has 1 atom stereocenters. The highest BCUT2D eigenvalue weighted by molar-refractivity contribution is 9.10. The molecule has 0 amide bonds. The molecule has 1 fully saturated rings. The fourth-order valence-corrected chi connectivity index (χ4v) is 2.74. The maximum atomic E-state index is 5.95. The Bertz CT molecular complexity index is 333. The second-order valence-corrected chi connectivity index (χ2v) is 4.92. The van der Waals surface area contributed by atoms with Gasteiger partial charge >= 0.3 is 0 Å². The van der Waals surface area contributed by atoms with E-state index in [1.54, 1.807) is 6.20 Å². The first-order valence-corrected chi connectivity index (χ1v) is 6.15. The SMILES string of the molecule is CCC1CCN(c2c(N)cncc2Br)C1. The molecule has 1 unspecified atom stereocenters. The first-order chi connectivity index (χ1) is 7.22. The summed E-state index contributed by atoms with van der Waals surface area (Å²) in [5, 5.41) is 0. The van der Waals surface area contributed by atoms with Crippen molar-refractivity contribution < 1.29 is 0 Å². The first kappa shape index (κ1) is 10.7. The van der Waals surface area contributed by atoms with Gasteiger partial charge in [-0.2, -0.15) is 0 Å². The number of anilines is 2. The average molecular weight is 270 g/mol. The van der Waals surface area contributed by atoms with E-state index in [1.165, 1.54) is 12.8 Å². The summed E-state index contributed by atoms with van der Waals surface area (Å²) in [7, 11) is 0. The minimum Gasteiger partial charge on any atom is -0.396 e. The molecule has 4 heteroatoms. The average Bonchev–Trinajstić information content (AvgIpc) is 2.66. The highest BCUT2D eigenvalue weighted by atomic mass is 79.9. The van der Waals surface area contributed by atoms with Crippen molar-refractivity contribution in [1.29, 1.82) is 0 Å². The Balaban J connectivity index is 2.23. The van der Waals surface area contributed by atoms with Crippen LogP contribution in [0.4, 0.5) is 11.4 Å². The van der Waals surface area contributed by atoms with Gasteiger partial charge in [-0.25, -0.2) is 0 Å². The van der Waals surface area contributed by atoms with Gasteiger partial charge in [0.25, 0.3) is 0 Å². The lowest BCUT2D eigenvalue weighted by Crippen LogP contribution is -2.21. The van der Waals surface area contributed by atoms with Crippen molar-refractivity contribution >= 4 is 27.3 Å². The predicted molar refractivity (Wildman–Crippen MR) is 67.0 cm³/mol. The fraction of sp³-hybridized carbons (Fsp3) is 0.545. The molecule has 0 saturated carbocycles. The van der Waals surface area contributed by atoms with Gasteiger partial charge < -0.3 is 10.6 Å². The number of hydrogen-bond donors (Lipinski definition) is 1. The molecule has 1 aliphatic rings. The molecule has 1 saturated heterocycles. The van der Waals surface area contributed by atoms with Crippen LogP contribution < -0.4 is 10.6 Å². The Morgan fingerprint density at radius 3 is 3.00 bits per heavy atom. The molecule has 0 aromatic carbocycles. The van der Waals surface area contributed by atoms with Crippen molar-refractivity contribution in [2.24, 2.45) is 5.92 Å². The van der Waals surface area contributed by atoms with Gasteiger partial charge in [0.05, 0.1) is 22.0 Å². The number of halogens is 1. The summed E-state index contributed by atoms with van der Waals surface area (Å²) in [5.41, 5.74) is 7.83. The van der Waals surface area contributed by atoms with Gasteiger partial charge in [-0.1, -0.05) is 13.3 Å². The summed E-state index contributed by atoms with van der Waals surface area (Å²) in [5.74, 6) is 0.810. The van der Waals surface area contributed by atoms with Crippen LogP contribution in [0.2, 0.25) is 0 Å². The van der Waals surface area contributed by atoms with Crippen molar-refractivity contribution in [1.82, 2.24) is 4.98 Å². The number of hydrogen-bond acceptors (Lipinski definition) is 3. The molecule has 2 rings (SSSR count). The molecule has 0 bridgehead atoms. The monoisotopic (exact) mass is 269 g/mol. The minimum absolute atomic E-state index is 0.765. The third kappa shape index (κ3) is 2.09. The third-order valence-corrected chi connectivity index (χ3v) is 3.66. The van der Waals surface area contributed by atoms with Gasteiger partial charge in [0.2, 0.25) is 0 Å². The predicted octanol–water partition coefficient (Wildman–Crippen LogP) is 2.66. The zero-order valence-corrected chi connectivity index (χ0v) is 10.5. The lowest BCUT2D eigenvalue weighted by Gasteiger charge is -2.21. The van der Waals surface area contributed by atoms with Crippen LogP contribution >= 0.6 is 15.9 Å². The fourth-order valence-electron chi connectivity index (χ4n) is 2.15. The van der Waals surface area contributed by atoms with Gasteiger partial charge in [0, 0.05) is 19.3 Å². The smallest absolute Gasteiger partial charge is 0.0776 e. The number of nitrogens with two attached hydrogens (primary N) is 1. The molecular weight excluding hydrogens is 254 g/mol. The topological polar surface area (TPSA) is 42.1 Å². The minimum atomic E-state index is 0.765. The largest absolute Gasteiger partial charge is 0.396 e. The molecule has 0 aliphatic carbocycles. The Morgan fingerprint density at radius 2 is 2.40 bits per heavy atom. The maximum Gasteiger partial charge on any atom is 0.0776 e. The summed E-state index contributed by atoms with van der Waals surface area (Å²) >= 11 is 3.51. The normalized spacial score (nSPS) is 20.9. The van der Waals surface area contributed by atoms with E-state index in [2.05, 4.69) is 32.7 Å². The van der Waals surface area contributed by atoms with E-state index in [9.17, 15) is 0 Å². The van der Waals surface area contributed by atoms with Crippen molar-refractivity contribution in [2.75, 3.05) is 23.7 Å². The summed E-state index contributed by atoms with van der Waals surface area (Å²) in [6.45, 7) is 4.47. The lowest BCUT2D eigenvalue weighted by molar-refractivity contribution is 0.569. The van der Waals surface area contributed by atoms with E-state index in [1.807, 2.05) is 6.20 Å². The van der Waals surface area contributed by atoms with E-state index in [4.69, 9.17) is 5.73 Å². The van der Waals surface area contributed by atoms with Crippen LogP contribution in [-0.2, 0) is 0 Å². The van der Waals surface area contributed by atoms with Crippen LogP contribution in [0, 0.1) is 5.92 Å². The number of aromatic nitrogens is 1. The van der Waals surface area contributed by atoms with Crippen LogP contribution in [0.25, 0.3) is 0 Å². The van der Waals surface area contributed by atoms with Gasteiger partial charge in [0.15, 0.2) is 0 Å². The molecule has 3 nitrogen and oxygen atoms in total. The quantitative estimate of drug-likeness (QED) is 0.898. The molecule has 82 valence electrons. The second-order valence-electron chi connectivity index (χ2n) is 4.07. The lowest BCUT2D eigenvalue weighted by atomic mass is 10.1. The molecule has 1 aromatic rings.